The van der Waals surface area contributed by atoms with Crippen LogP contribution in [0.3, 0.4) is 0 Å². The van der Waals surface area contributed by atoms with E-state index in [0.29, 0.717) is 10.2 Å². The Morgan fingerprint density at radius 2 is 2.12 bits per heavy atom. The lowest BCUT2D eigenvalue weighted by atomic mass is 10.1. The van der Waals surface area contributed by atoms with Gasteiger partial charge < -0.3 is 5.32 Å². The third-order valence-corrected chi connectivity index (χ3v) is 4.78. The number of nitrogens with one attached hydrogen (secondary N) is 1. The van der Waals surface area contributed by atoms with E-state index < -0.39 is 0 Å². The van der Waals surface area contributed by atoms with Crippen LogP contribution in [-0.4, -0.2) is 22.0 Å². The van der Waals surface area contributed by atoms with Crippen LogP contribution in [0.1, 0.15) is 12.0 Å². The zero-order chi connectivity index (χ0) is 17.8. The van der Waals surface area contributed by atoms with Gasteiger partial charge in [-0.25, -0.2) is 4.98 Å². The highest BCUT2D eigenvalue weighted by molar-refractivity contribution is 7.17. The van der Waals surface area contributed by atoms with Gasteiger partial charge in [-0.2, -0.15) is 0 Å². The Morgan fingerprint density at radius 1 is 1.36 bits per heavy atom. The van der Waals surface area contributed by atoms with Gasteiger partial charge in [-0.05, 0) is 12.5 Å². The van der Waals surface area contributed by atoms with Crippen LogP contribution in [0.15, 0.2) is 40.8 Å². The highest BCUT2D eigenvalue weighted by atomic mass is 32.1. The Kier molecular flexibility index (Phi) is 4.96. The normalized spacial score (nSPS) is 10.6. The number of terminal acetylenes is 1. The molecule has 3 aromatic rings. The summed E-state index contributed by atoms with van der Waals surface area (Å²) >= 11 is 1.45. The van der Waals surface area contributed by atoms with Crippen LogP contribution in [0.25, 0.3) is 21.3 Å². The van der Waals surface area contributed by atoms with E-state index in [0.717, 1.165) is 16.7 Å². The van der Waals surface area contributed by atoms with Crippen molar-refractivity contribution in [1.29, 1.82) is 0 Å². The van der Waals surface area contributed by atoms with Crippen LogP contribution in [0, 0.1) is 19.3 Å². The zero-order valence-corrected chi connectivity index (χ0v) is 14.6. The summed E-state index contributed by atoms with van der Waals surface area (Å²) in [7, 11) is 0. The van der Waals surface area contributed by atoms with Gasteiger partial charge in [-0.3, -0.25) is 14.2 Å². The number of fused-ring (bicyclic) bond motifs is 1. The Bertz CT molecular complexity index is 1010. The molecule has 0 aliphatic rings. The predicted molar refractivity (Wildman–Crippen MR) is 101 cm³/mol. The maximum Gasteiger partial charge on any atom is 0.262 e. The molecule has 0 radical (unpaired) electrons. The van der Waals surface area contributed by atoms with Crippen molar-refractivity contribution in [2.75, 3.05) is 6.54 Å². The summed E-state index contributed by atoms with van der Waals surface area (Å²) in [6.07, 6.45) is 6.78. The monoisotopic (exact) mass is 351 g/mol. The average Bonchev–Trinajstić information content (AvgIpc) is 3.05. The summed E-state index contributed by atoms with van der Waals surface area (Å²) < 4.78 is 1.47. The number of thiophene rings is 1. The quantitative estimate of drug-likeness (QED) is 0.719. The Balaban J connectivity index is 1.92. The molecule has 126 valence electrons. The molecule has 1 amide bonds. The average molecular weight is 351 g/mol. The molecule has 5 nitrogen and oxygen atoms in total. The molecule has 1 N–H and O–H groups in total. The molecule has 0 aliphatic carbocycles. The molecule has 0 spiro atoms. The van der Waals surface area contributed by atoms with E-state index in [4.69, 9.17) is 6.42 Å². The van der Waals surface area contributed by atoms with Gasteiger partial charge in [0.05, 0.1) is 18.3 Å². The molecule has 25 heavy (non-hydrogen) atoms. The zero-order valence-electron chi connectivity index (χ0n) is 13.8. The molecule has 1 aromatic carbocycles. The summed E-state index contributed by atoms with van der Waals surface area (Å²) in [6, 6.07) is 8.04. The van der Waals surface area contributed by atoms with E-state index in [1.165, 1.54) is 22.2 Å². The van der Waals surface area contributed by atoms with Crippen molar-refractivity contribution in [3.8, 4) is 23.5 Å². The molecule has 0 bridgehead atoms. The third kappa shape index (κ3) is 3.62. The SMILES string of the molecule is C#CCNC(=O)CCn1cnc2scc(-c3ccc(C)cc3)c2c1=O. The highest BCUT2D eigenvalue weighted by Crippen LogP contribution is 2.30. The van der Waals surface area contributed by atoms with Crippen LogP contribution >= 0.6 is 11.3 Å². The highest BCUT2D eigenvalue weighted by Gasteiger charge is 2.13. The summed E-state index contributed by atoms with van der Waals surface area (Å²) in [5.74, 6) is 2.16. The van der Waals surface area contributed by atoms with Crippen molar-refractivity contribution in [1.82, 2.24) is 14.9 Å². The molecular weight excluding hydrogens is 334 g/mol. The summed E-state index contributed by atoms with van der Waals surface area (Å²) in [5.41, 5.74) is 2.90. The number of nitrogens with zero attached hydrogens (tertiary/aromatic N) is 2. The van der Waals surface area contributed by atoms with E-state index >= 15 is 0 Å². The molecule has 0 unspecified atom stereocenters. The number of amides is 1. The topological polar surface area (TPSA) is 64.0 Å². The number of carbonyl (C=O) groups excluding carboxylic acids is 1. The maximum atomic E-state index is 12.8. The largest absolute Gasteiger partial charge is 0.345 e. The summed E-state index contributed by atoms with van der Waals surface area (Å²) in [5, 5.41) is 5.14. The lowest BCUT2D eigenvalue weighted by Crippen LogP contribution is -2.27. The fraction of sp³-hybridized carbons (Fsp3) is 0.211. The Labute approximate surface area is 149 Å². The second kappa shape index (κ2) is 7.32. The van der Waals surface area contributed by atoms with Gasteiger partial charge in [0.1, 0.15) is 4.83 Å². The van der Waals surface area contributed by atoms with Gasteiger partial charge in [0.15, 0.2) is 0 Å². The molecule has 0 fully saturated rings. The van der Waals surface area contributed by atoms with Crippen molar-refractivity contribution in [3.05, 3.63) is 51.9 Å². The van der Waals surface area contributed by atoms with Crippen molar-refractivity contribution in [2.24, 2.45) is 0 Å². The standard InChI is InChI=1S/C19H17N3O2S/c1-3-9-20-16(23)8-10-22-12-21-18-17(19(22)24)15(11-25-18)14-6-4-13(2)5-7-14/h1,4-7,11-12H,8-10H2,2H3,(H,20,23). The molecule has 0 saturated heterocycles. The lowest BCUT2D eigenvalue weighted by molar-refractivity contribution is -0.121. The third-order valence-electron chi connectivity index (χ3n) is 3.89. The molecule has 0 saturated carbocycles. The smallest absolute Gasteiger partial charge is 0.262 e. The lowest BCUT2D eigenvalue weighted by Gasteiger charge is -2.06. The van der Waals surface area contributed by atoms with Crippen molar-refractivity contribution in [3.63, 3.8) is 0 Å². The van der Waals surface area contributed by atoms with Gasteiger partial charge >= 0.3 is 0 Å². The van der Waals surface area contributed by atoms with Gasteiger partial charge in [-0.15, -0.1) is 17.8 Å². The van der Waals surface area contributed by atoms with E-state index in [9.17, 15) is 9.59 Å². The molecule has 2 aromatic heterocycles. The van der Waals surface area contributed by atoms with E-state index in [1.807, 2.05) is 36.6 Å². The Hall–Kier alpha value is -2.91. The van der Waals surface area contributed by atoms with Crippen LogP contribution in [0.2, 0.25) is 0 Å². The predicted octanol–water partition coefficient (Wildman–Crippen LogP) is 2.57. The fourth-order valence-corrected chi connectivity index (χ4v) is 3.44. The minimum Gasteiger partial charge on any atom is -0.345 e. The van der Waals surface area contributed by atoms with Crippen molar-refractivity contribution in [2.45, 2.75) is 19.9 Å². The summed E-state index contributed by atoms with van der Waals surface area (Å²) in [4.78, 5) is 29.6. The van der Waals surface area contributed by atoms with E-state index in [1.54, 1.807) is 0 Å². The Morgan fingerprint density at radius 3 is 2.84 bits per heavy atom. The second-order valence-electron chi connectivity index (χ2n) is 5.67. The molecule has 3 rings (SSSR count). The number of hydrogen-bond acceptors (Lipinski definition) is 4. The van der Waals surface area contributed by atoms with Gasteiger partial charge in [-0.1, -0.05) is 35.7 Å². The minimum atomic E-state index is -0.186. The number of hydrogen-bond donors (Lipinski definition) is 1. The number of rotatable bonds is 5. The molecule has 0 aliphatic heterocycles. The first-order chi connectivity index (χ1) is 12.1. The van der Waals surface area contributed by atoms with Gasteiger partial charge in [0.25, 0.3) is 5.56 Å². The minimum absolute atomic E-state index is 0.133. The molecule has 0 atom stereocenters. The van der Waals surface area contributed by atoms with Crippen molar-refractivity contribution >= 4 is 27.5 Å². The van der Waals surface area contributed by atoms with Crippen LogP contribution < -0.4 is 10.9 Å². The van der Waals surface area contributed by atoms with Crippen LogP contribution in [0.4, 0.5) is 0 Å². The fourth-order valence-electron chi connectivity index (χ4n) is 2.53. The van der Waals surface area contributed by atoms with E-state index in [2.05, 4.69) is 16.2 Å². The summed E-state index contributed by atoms with van der Waals surface area (Å²) in [6.45, 7) is 2.48. The first kappa shape index (κ1) is 16.9. The second-order valence-corrected chi connectivity index (χ2v) is 6.53. The van der Waals surface area contributed by atoms with Crippen LogP contribution in [0.5, 0.6) is 0 Å². The molecule has 2 heterocycles. The van der Waals surface area contributed by atoms with Crippen LogP contribution in [-0.2, 0) is 11.3 Å². The molecular formula is C19H17N3O2S. The van der Waals surface area contributed by atoms with Gasteiger partial charge in [0, 0.05) is 23.9 Å². The number of aromatic nitrogens is 2. The van der Waals surface area contributed by atoms with Gasteiger partial charge in [0.2, 0.25) is 5.91 Å². The first-order valence-electron chi connectivity index (χ1n) is 7.84. The maximum absolute atomic E-state index is 12.8. The molecule has 6 heteroatoms. The number of benzene rings is 1. The van der Waals surface area contributed by atoms with E-state index in [-0.39, 0.29) is 31.0 Å². The first-order valence-corrected chi connectivity index (χ1v) is 8.72. The van der Waals surface area contributed by atoms with Crippen molar-refractivity contribution < 1.29 is 4.79 Å². The number of carbonyl (C=O) groups is 1. The number of aryl methyl sites for hydroxylation is 2.